The summed E-state index contributed by atoms with van der Waals surface area (Å²) in [5.74, 6) is 0.0438. The Kier molecular flexibility index (Phi) is 9.10. The average molecular weight is 484 g/mol. The first-order valence-electron chi connectivity index (χ1n) is 11.2. The van der Waals surface area contributed by atoms with Gasteiger partial charge < -0.3 is 15.0 Å². The van der Waals surface area contributed by atoms with Crippen LogP contribution in [-0.4, -0.2) is 60.7 Å². The van der Waals surface area contributed by atoms with Crippen LogP contribution in [0.15, 0.2) is 0 Å². The van der Waals surface area contributed by atoms with Gasteiger partial charge in [0.15, 0.2) is 6.61 Å². The Morgan fingerprint density at radius 3 is 2.59 bits per heavy atom. The van der Waals surface area contributed by atoms with Crippen LogP contribution in [0.3, 0.4) is 0 Å². The van der Waals surface area contributed by atoms with Crippen LogP contribution in [-0.2, 0) is 17.6 Å². The van der Waals surface area contributed by atoms with Crippen molar-refractivity contribution in [1.29, 1.82) is 0 Å². The first kappa shape index (κ1) is 25.1. The zero-order valence-electron chi connectivity index (χ0n) is 17.9. The van der Waals surface area contributed by atoms with E-state index >= 15 is 0 Å². The van der Waals surface area contributed by atoms with E-state index in [1.807, 2.05) is 0 Å². The fourth-order valence-corrected chi connectivity index (χ4v) is 5.27. The van der Waals surface area contributed by atoms with Crippen LogP contribution in [0.2, 0.25) is 0 Å². The summed E-state index contributed by atoms with van der Waals surface area (Å²) in [6.07, 6.45) is -2.15. The molecule has 0 bridgehead atoms. The number of carbonyl (C=O) groups excluding carboxylic acids is 1. The molecular weight excluding hydrogens is 453 g/mol. The lowest BCUT2D eigenvalue weighted by Gasteiger charge is -2.30. The van der Waals surface area contributed by atoms with Crippen LogP contribution in [0, 0.1) is 5.92 Å². The lowest BCUT2D eigenvalue weighted by molar-refractivity contribution is -0.144. The number of rotatable bonds is 9. The number of thiazole rings is 1. The Labute approximate surface area is 188 Å². The summed E-state index contributed by atoms with van der Waals surface area (Å²) in [6, 6.07) is -0.0197. The number of alkyl halides is 5. The van der Waals surface area contributed by atoms with Crippen molar-refractivity contribution in [1.82, 2.24) is 15.2 Å². The highest BCUT2D eigenvalue weighted by atomic mass is 32.1. The SMILES string of the molecule is O=C(CCC(F)(F)F)N[C@H]1CC[C@H](CCN2CCc3nc(OCC(F)F)sc3CC2)CC1. The van der Waals surface area contributed by atoms with E-state index in [0.29, 0.717) is 11.1 Å². The first-order valence-corrected chi connectivity index (χ1v) is 12.0. The van der Waals surface area contributed by atoms with E-state index in [2.05, 4.69) is 15.2 Å². The number of fused-ring (bicyclic) bond motifs is 1. The van der Waals surface area contributed by atoms with Gasteiger partial charge in [0.25, 0.3) is 11.6 Å². The molecule has 1 fully saturated rings. The third kappa shape index (κ3) is 8.46. The molecule has 0 atom stereocenters. The molecule has 11 heteroatoms. The standard InChI is InChI=1S/C21H30F5N3O2S/c22-18(23)13-31-20-28-16-7-11-29(12-8-17(16)32-20)10-6-14-1-3-15(4-2-14)27-19(30)5-9-21(24,25)26/h14-15,18H,1-13H2,(H,27,30)/t14-,15-. The van der Waals surface area contributed by atoms with E-state index in [1.54, 1.807) is 0 Å². The van der Waals surface area contributed by atoms with Crippen molar-refractivity contribution in [3.05, 3.63) is 10.6 Å². The molecule has 0 aromatic carbocycles. The molecule has 1 aromatic heterocycles. The summed E-state index contributed by atoms with van der Waals surface area (Å²) in [5, 5.41) is 3.07. The molecule has 2 heterocycles. The molecule has 1 aliphatic heterocycles. The molecule has 0 unspecified atom stereocenters. The number of halogens is 5. The summed E-state index contributed by atoms with van der Waals surface area (Å²) < 4.78 is 66.3. The monoisotopic (exact) mass is 483 g/mol. The molecule has 5 nitrogen and oxygen atoms in total. The molecular formula is C21H30F5N3O2S. The third-order valence-corrected chi connectivity index (χ3v) is 7.18. The van der Waals surface area contributed by atoms with Crippen molar-refractivity contribution in [2.24, 2.45) is 5.92 Å². The van der Waals surface area contributed by atoms with Gasteiger partial charge in [-0.25, -0.2) is 13.8 Å². The number of carbonyl (C=O) groups is 1. The van der Waals surface area contributed by atoms with Gasteiger partial charge in [-0.1, -0.05) is 11.3 Å². The average Bonchev–Trinajstić information content (AvgIpc) is 3.03. The first-order chi connectivity index (χ1) is 15.2. The Hall–Kier alpha value is -1.49. The molecule has 0 saturated heterocycles. The lowest BCUT2D eigenvalue weighted by Crippen LogP contribution is -2.38. The highest BCUT2D eigenvalue weighted by Crippen LogP contribution is 2.30. The molecule has 3 rings (SSSR count). The van der Waals surface area contributed by atoms with Gasteiger partial charge in [-0.2, -0.15) is 13.2 Å². The zero-order chi connectivity index (χ0) is 23.1. The normalized spacial score (nSPS) is 22.4. The largest absolute Gasteiger partial charge is 0.464 e. The highest BCUT2D eigenvalue weighted by molar-refractivity contribution is 7.13. The Balaban J connectivity index is 1.32. The second kappa shape index (κ2) is 11.6. The number of nitrogens with one attached hydrogen (secondary N) is 1. The van der Waals surface area contributed by atoms with Crippen molar-refractivity contribution < 1.29 is 31.5 Å². The summed E-state index contributed by atoms with van der Waals surface area (Å²) in [4.78, 5) is 19.6. The maximum Gasteiger partial charge on any atom is 0.389 e. The minimum absolute atomic E-state index is 0.0197. The molecule has 1 saturated carbocycles. The third-order valence-electron chi connectivity index (χ3n) is 6.11. The number of ether oxygens (including phenoxy) is 1. The van der Waals surface area contributed by atoms with Crippen LogP contribution < -0.4 is 10.1 Å². The van der Waals surface area contributed by atoms with E-state index in [-0.39, 0.29) is 6.04 Å². The predicted molar refractivity (Wildman–Crippen MR) is 111 cm³/mol. The summed E-state index contributed by atoms with van der Waals surface area (Å²) in [7, 11) is 0. The van der Waals surface area contributed by atoms with Crippen LogP contribution >= 0.6 is 11.3 Å². The van der Waals surface area contributed by atoms with Crippen LogP contribution in [0.1, 0.15) is 55.5 Å². The molecule has 32 heavy (non-hydrogen) atoms. The molecule has 182 valence electrons. The van der Waals surface area contributed by atoms with Crippen molar-refractivity contribution in [3.8, 4) is 5.19 Å². The number of aromatic nitrogens is 1. The minimum Gasteiger partial charge on any atom is -0.464 e. The van der Waals surface area contributed by atoms with Crippen LogP contribution in [0.5, 0.6) is 5.19 Å². The van der Waals surface area contributed by atoms with Gasteiger partial charge in [0, 0.05) is 36.9 Å². The second-order valence-corrected chi connectivity index (χ2v) is 9.63. The second-order valence-electron chi connectivity index (χ2n) is 8.58. The quantitative estimate of drug-likeness (QED) is 0.522. The molecule has 0 radical (unpaired) electrons. The lowest BCUT2D eigenvalue weighted by atomic mass is 9.84. The summed E-state index contributed by atoms with van der Waals surface area (Å²) in [6.45, 7) is 2.11. The molecule has 1 amide bonds. The number of nitrogens with zero attached hydrogens (tertiary/aromatic N) is 2. The Morgan fingerprint density at radius 1 is 1.19 bits per heavy atom. The zero-order valence-corrected chi connectivity index (χ0v) is 18.7. The fourth-order valence-electron chi connectivity index (χ4n) is 4.32. The van der Waals surface area contributed by atoms with E-state index < -0.39 is 38.0 Å². The van der Waals surface area contributed by atoms with Crippen molar-refractivity contribution in [2.45, 2.75) is 76.4 Å². The van der Waals surface area contributed by atoms with Gasteiger partial charge in [-0.3, -0.25) is 4.79 Å². The fraction of sp³-hybridized carbons (Fsp3) is 0.810. The maximum absolute atomic E-state index is 12.3. The van der Waals surface area contributed by atoms with Gasteiger partial charge in [0.05, 0.1) is 12.1 Å². The Bertz CT molecular complexity index is 710. The van der Waals surface area contributed by atoms with E-state index in [0.717, 1.165) is 75.2 Å². The molecule has 1 N–H and O–H groups in total. The van der Waals surface area contributed by atoms with Gasteiger partial charge >= 0.3 is 6.18 Å². The summed E-state index contributed by atoms with van der Waals surface area (Å²) >= 11 is 1.36. The summed E-state index contributed by atoms with van der Waals surface area (Å²) in [5.41, 5.74) is 0.948. The predicted octanol–water partition coefficient (Wildman–Crippen LogP) is 4.60. The number of amides is 1. The van der Waals surface area contributed by atoms with Gasteiger partial charge in [-0.15, -0.1) is 0 Å². The Morgan fingerprint density at radius 2 is 1.91 bits per heavy atom. The maximum atomic E-state index is 12.3. The van der Waals surface area contributed by atoms with Crippen molar-refractivity contribution in [2.75, 3.05) is 26.2 Å². The molecule has 2 aliphatic rings. The van der Waals surface area contributed by atoms with Gasteiger partial charge in [0.1, 0.15) is 0 Å². The topological polar surface area (TPSA) is 54.5 Å². The van der Waals surface area contributed by atoms with Crippen molar-refractivity contribution in [3.63, 3.8) is 0 Å². The van der Waals surface area contributed by atoms with E-state index in [9.17, 15) is 26.7 Å². The smallest absolute Gasteiger partial charge is 0.389 e. The number of hydrogen-bond donors (Lipinski definition) is 1. The van der Waals surface area contributed by atoms with Crippen LogP contribution in [0.25, 0.3) is 0 Å². The molecule has 0 spiro atoms. The number of hydrogen-bond acceptors (Lipinski definition) is 5. The molecule has 1 aromatic rings. The van der Waals surface area contributed by atoms with Crippen molar-refractivity contribution >= 4 is 17.2 Å². The van der Waals surface area contributed by atoms with Gasteiger partial charge in [0.2, 0.25) is 5.91 Å². The van der Waals surface area contributed by atoms with Crippen LogP contribution in [0.4, 0.5) is 22.0 Å². The highest BCUT2D eigenvalue weighted by Gasteiger charge is 2.29. The molecule has 1 aliphatic carbocycles. The van der Waals surface area contributed by atoms with E-state index in [4.69, 9.17) is 4.74 Å². The van der Waals surface area contributed by atoms with Gasteiger partial charge in [-0.05, 0) is 51.0 Å². The minimum atomic E-state index is -4.30. The van der Waals surface area contributed by atoms with E-state index in [1.165, 1.54) is 11.3 Å².